The minimum atomic E-state index is -5.04. The number of carbonyl (C=O) groups is 1. The standard InChI is InChI=1S/C16H12F6N2O3S/c17-15(18,19)10-6-11(16(20,21)22)8-12(7-10)24-14(25)5-9-1-3-13(4-2-9)28(23,26)27/h1-4,6-8H,5H2,(H,24,25)(H2,23,26,27). The van der Waals surface area contributed by atoms with Crippen LogP contribution in [0.2, 0.25) is 0 Å². The molecule has 12 heteroatoms. The molecule has 0 bridgehead atoms. The molecule has 3 N–H and O–H groups in total. The third-order valence-electron chi connectivity index (χ3n) is 3.49. The van der Waals surface area contributed by atoms with E-state index in [1.54, 1.807) is 0 Å². The Bertz CT molecular complexity index is 951. The highest BCUT2D eigenvalue weighted by Crippen LogP contribution is 2.37. The zero-order chi connectivity index (χ0) is 21.3. The van der Waals surface area contributed by atoms with Crippen molar-refractivity contribution in [1.29, 1.82) is 0 Å². The molecule has 2 aromatic carbocycles. The molecule has 0 unspecified atom stereocenters. The van der Waals surface area contributed by atoms with Gasteiger partial charge in [0, 0.05) is 5.69 Å². The van der Waals surface area contributed by atoms with Gasteiger partial charge < -0.3 is 5.32 Å². The Morgan fingerprint density at radius 3 is 1.75 bits per heavy atom. The summed E-state index contributed by atoms with van der Waals surface area (Å²) in [7, 11) is -3.95. The van der Waals surface area contributed by atoms with Crippen LogP contribution in [0.15, 0.2) is 47.4 Å². The Balaban J connectivity index is 2.23. The summed E-state index contributed by atoms with van der Waals surface area (Å²) in [5.41, 5.74) is -3.52. The van der Waals surface area contributed by atoms with Crippen molar-refractivity contribution in [3.63, 3.8) is 0 Å². The van der Waals surface area contributed by atoms with Gasteiger partial charge in [0.2, 0.25) is 15.9 Å². The molecule has 0 saturated carbocycles. The number of sulfonamides is 1. The minimum Gasteiger partial charge on any atom is -0.326 e. The van der Waals surface area contributed by atoms with Gasteiger partial charge in [-0.05, 0) is 35.9 Å². The highest BCUT2D eigenvalue weighted by Gasteiger charge is 2.37. The van der Waals surface area contributed by atoms with Crippen molar-refractivity contribution in [2.75, 3.05) is 5.32 Å². The van der Waals surface area contributed by atoms with Gasteiger partial charge in [0.25, 0.3) is 0 Å². The molecule has 0 radical (unpaired) electrons. The Labute approximate surface area is 155 Å². The number of benzene rings is 2. The van der Waals surface area contributed by atoms with Gasteiger partial charge >= 0.3 is 12.4 Å². The summed E-state index contributed by atoms with van der Waals surface area (Å²) in [6.07, 6.45) is -10.5. The Kier molecular flexibility index (Phi) is 5.76. The summed E-state index contributed by atoms with van der Waals surface area (Å²) in [6.45, 7) is 0. The van der Waals surface area contributed by atoms with E-state index in [9.17, 15) is 39.6 Å². The predicted octanol–water partition coefficient (Wildman–Crippen LogP) is 3.55. The first-order chi connectivity index (χ1) is 12.7. The molecule has 0 saturated heterocycles. The molecule has 0 fully saturated rings. The van der Waals surface area contributed by atoms with Gasteiger partial charge in [0.1, 0.15) is 0 Å². The fourth-order valence-electron chi connectivity index (χ4n) is 2.21. The number of nitrogens with one attached hydrogen (secondary N) is 1. The lowest BCUT2D eigenvalue weighted by atomic mass is 10.1. The smallest absolute Gasteiger partial charge is 0.326 e. The van der Waals surface area contributed by atoms with Crippen molar-refractivity contribution < 1.29 is 39.6 Å². The summed E-state index contributed by atoms with van der Waals surface area (Å²) in [6, 6.07) is 5.43. The number of anilines is 1. The molecule has 152 valence electrons. The van der Waals surface area contributed by atoms with Crippen LogP contribution in [0.5, 0.6) is 0 Å². The first-order valence-electron chi connectivity index (χ1n) is 7.37. The average molecular weight is 426 g/mol. The molecule has 0 aliphatic carbocycles. The monoisotopic (exact) mass is 426 g/mol. The summed E-state index contributed by atoms with van der Waals surface area (Å²) in [4.78, 5) is 11.8. The lowest BCUT2D eigenvalue weighted by Crippen LogP contribution is -2.17. The van der Waals surface area contributed by atoms with E-state index in [-0.39, 0.29) is 16.5 Å². The van der Waals surface area contributed by atoms with Gasteiger partial charge in [-0.15, -0.1) is 0 Å². The molecular formula is C16H12F6N2O3S. The van der Waals surface area contributed by atoms with Gasteiger partial charge in [-0.25, -0.2) is 13.6 Å². The van der Waals surface area contributed by atoms with Crippen molar-refractivity contribution in [3.05, 3.63) is 59.2 Å². The van der Waals surface area contributed by atoms with Crippen molar-refractivity contribution >= 4 is 21.6 Å². The van der Waals surface area contributed by atoms with Gasteiger partial charge in [-0.2, -0.15) is 26.3 Å². The Hall–Kier alpha value is -2.60. The van der Waals surface area contributed by atoms with Crippen LogP contribution >= 0.6 is 0 Å². The summed E-state index contributed by atoms with van der Waals surface area (Å²) >= 11 is 0. The molecule has 1 amide bonds. The number of primary sulfonamides is 1. The molecule has 0 aliphatic heterocycles. The van der Waals surface area contributed by atoms with Crippen molar-refractivity contribution in [2.24, 2.45) is 5.14 Å². The fraction of sp³-hybridized carbons (Fsp3) is 0.188. The second-order valence-electron chi connectivity index (χ2n) is 5.71. The quantitative estimate of drug-likeness (QED) is 0.733. The van der Waals surface area contributed by atoms with Crippen molar-refractivity contribution in [3.8, 4) is 0 Å². The topological polar surface area (TPSA) is 89.3 Å². The summed E-state index contributed by atoms with van der Waals surface area (Å²) < 4.78 is 99.2. The molecule has 28 heavy (non-hydrogen) atoms. The van der Waals surface area contributed by atoms with E-state index in [0.29, 0.717) is 12.1 Å². The zero-order valence-electron chi connectivity index (χ0n) is 13.7. The van der Waals surface area contributed by atoms with Crippen LogP contribution < -0.4 is 10.5 Å². The number of hydrogen-bond acceptors (Lipinski definition) is 3. The first-order valence-corrected chi connectivity index (χ1v) is 8.92. The van der Waals surface area contributed by atoms with Gasteiger partial charge in [0.05, 0.1) is 22.4 Å². The molecule has 0 heterocycles. The van der Waals surface area contributed by atoms with E-state index in [1.165, 1.54) is 12.1 Å². The maximum Gasteiger partial charge on any atom is 0.416 e. The number of amides is 1. The van der Waals surface area contributed by atoms with Gasteiger partial charge in [0.15, 0.2) is 0 Å². The van der Waals surface area contributed by atoms with Crippen LogP contribution in [-0.2, 0) is 33.6 Å². The first kappa shape index (κ1) is 21.7. The molecular weight excluding hydrogens is 414 g/mol. The van der Waals surface area contributed by atoms with Gasteiger partial charge in [-0.3, -0.25) is 4.79 Å². The van der Waals surface area contributed by atoms with Crippen LogP contribution in [0.25, 0.3) is 0 Å². The maximum absolute atomic E-state index is 12.8. The molecule has 2 aromatic rings. The summed E-state index contributed by atoms with van der Waals surface area (Å²) in [5, 5.41) is 6.90. The average Bonchev–Trinajstić information content (AvgIpc) is 2.52. The van der Waals surface area contributed by atoms with Crippen LogP contribution in [0, 0.1) is 0 Å². The van der Waals surface area contributed by atoms with Crippen LogP contribution in [0.3, 0.4) is 0 Å². The normalized spacial score (nSPS) is 12.7. The maximum atomic E-state index is 12.8. The number of carbonyl (C=O) groups excluding carboxylic acids is 1. The highest BCUT2D eigenvalue weighted by atomic mass is 32.2. The third kappa shape index (κ3) is 5.70. The van der Waals surface area contributed by atoms with Crippen LogP contribution in [0.4, 0.5) is 32.0 Å². The summed E-state index contributed by atoms with van der Waals surface area (Å²) in [5.74, 6) is -0.893. The lowest BCUT2D eigenvalue weighted by Gasteiger charge is -2.15. The number of nitrogens with two attached hydrogens (primary N) is 1. The SMILES string of the molecule is NS(=O)(=O)c1ccc(CC(=O)Nc2cc(C(F)(F)F)cc(C(F)(F)F)c2)cc1. The van der Waals surface area contributed by atoms with E-state index in [4.69, 9.17) is 5.14 Å². The number of hydrogen-bond donors (Lipinski definition) is 2. The van der Waals surface area contributed by atoms with E-state index < -0.39 is 51.5 Å². The fourth-order valence-corrected chi connectivity index (χ4v) is 2.73. The highest BCUT2D eigenvalue weighted by molar-refractivity contribution is 7.89. The minimum absolute atomic E-state index is 0.0539. The third-order valence-corrected chi connectivity index (χ3v) is 4.42. The molecule has 0 aliphatic rings. The largest absolute Gasteiger partial charge is 0.416 e. The Morgan fingerprint density at radius 2 is 1.36 bits per heavy atom. The predicted molar refractivity (Wildman–Crippen MR) is 86.6 cm³/mol. The lowest BCUT2D eigenvalue weighted by molar-refractivity contribution is -0.143. The number of alkyl halides is 6. The number of rotatable bonds is 4. The van der Waals surface area contributed by atoms with Crippen molar-refractivity contribution in [1.82, 2.24) is 0 Å². The van der Waals surface area contributed by atoms with E-state index in [2.05, 4.69) is 0 Å². The molecule has 0 spiro atoms. The van der Waals surface area contributed by atoms with E-state index in [1.807, 2.05) is 5.32 Å². The zero-order valence-corrected chi connectivity index (χ0v) is 14.5. The second kappa shape index (κ2) is 7.43. The Morgan fingerprint density at radius 1 is 0.893 bits per heavy atom. The second-order valence-corrected chi connectivity index (χ2v) is 7.27. The molecule has 0 aromatic heterocycles. The molecule has 0 atom stereocenters. The van der Waals surface area contributed by atoms with E-state index in [0.717, 1.165) is 12.1 Å². The van der Waals surface area contributed by atoms with E-state index >= 15 is 0 Å². The van der Waals surface area contributed by atoms with Crippen molar-refractivity contribution in [2.45, 2.75) is 23.7 Å². The van der Waals surface area contributed by atoms with Gasteiger partial charge in [-0.1, -0.05) is 12.1 Å². The van der Waals surface area contributed by atoms with Crippen LogP contribution in [0.1, 0.15) is 16.7 Å². The van der Waals surface area contributed by atoms with Crippen LogP contribution in [-0.4, -0.2) is 14.3 Å². The molecule has 2 rings (SSSR count). The number of halogens is 6. The molecule has 5 nitrogen and oxygen atoms in total.